The molecule has 7 atom stereocenters. The first-order valence-corrected chi connectivity index (χ1v) is 53.3. The van der Waals surface area contributed by atoms with E-state index in [2.05, 4.69) is 45.1 Å². The van der Waals surface area contributed by atoms with Crippen LogP contribution in [0.4, 0.5) is 0 Å². The predicted octanol–water partition coefficient (Wildman–Crippen LogP) is 13.3. The number of amides is 6. The van der Waals surface area contributed by atoms with Crippen molar-refractivity contribution in [1.82, 2.24) is 31.9 Å². The summed E-state index contributed by atoms with van der Waals surface area (Å²) in [6, 6.07) is 9.75. The number of rotatable bonds is 102. The molecule has 0 aromatic heterocycles. The summed E-state index contributed by atoms with van der Waals surface area (Å²) < 4.78 is 43.4. The Hall–Kier alpha value is -9.86. The molecule has 0 spiro atoms. The minimum absolute atomic E-state index is 0.0374. The average Bonchev–Trinajstić information content (AvgIpc) is 0.927. The van der Waals surface area contributed by atoms with E-state index in [1.807, 2.05) is 13.8 Å². The molecule has 0 unspecified atom stereocenters. The van der Waals surface area contributed by atoms with Gasteiger partial charge in [0.2, 0.25) is 35.4 Å². The van der Waals surface area contributed by atoms with E-state index >= 15 is 0 Å². The molecule has 826 valence electrons. The Balaban J connectivity index is 0.00000145. The summed E-state index contributed by atoms with van der Waals surface area (Å²) in [4.78, 5) is 168. The number of carboxylic acids is 4. The number of benzene rings is 2. The van der Waals surface area contributed by atoms with Crippen molar-refractivity contribution < 1.29 is 136 Å². The highest BCUT2D eigenvalue weighted by Gasteiger charge is 2.29. The third-order valence-corrected chi connectivity index (χ3v) is 24.7. The van der Waals surface area contributed by atoms with Crippen LogP contribution >= 0.6 is 0 Å². The van der Waals surface area contributed by atoms with Gasteiger partial charge in [-0.05, 0) is 150 Å². The first-order chi connectivity index (χ1) is 69.8. The van der Waals surface area contributed by atoms with Crippen molar-refractivity contribution in [1.29, 1.82) is 0 Å². The zero-order chi connectivity index (χ0) is 107. The number of carbonyl (C=O) groups excluding carboxylic acids is 10. The molecule has 0 aliphatic carbocycles. The second-order valence-corrected chi connectivity index (χ2v) is 37.5. The molecule has 0 bridgehead atoms. The van der Waals surface area contributed by atoms with Gasteiger partial charge in [0.25, 0.3) is 0 Å². The van der Waals surface area contributed by atoms with Crippen molar-refractivity contribution >= 4 is 82.5 Å². The number of carbonyl (C=O) groups is 14. The summed E-state index contributed by atoms with van der Waals surface area (Å²) in [6.07, 6.45) is 39.5. The Bertz CT molecular complexity index is 3880. The highest BCUT2D eigenvalue weighted by molar-refractivity contribution is 5.90. The number of nitrogens with two attached hydrogens (primary N) is 3. The normalized spacial score (nSPS) is 12.6. The van der Waals surface area contributed by atoms with Crippen LogP contribution in [0.2, 0.25) is 0 Å². The molecule has 0 radical (unpaired) electrons. The van der Waals surface area contributed by atoms with Crippen LogP contribution in [0.15, 0.2) is 73.1 Å². The molecule has 0 heterocycles. The molecule has 18 N–H and O–H groups in total. The molecular formula is C108H181N9O28. The second-order valence-electron chi connectivity index (χ2n) is 37.5. The van der Waals surface area contributed by atoms with Crippen molar-refractivity contribution in [3.8, 4) is 11.5 Å². The molecule has 0 aliphatic rings. The molecule has 0 saturated carbocycles. The fourth-order valence-electron chi connectivity index (χ4n) is 15.8. The van der Waals surface area contributed by atoms with Crippen LogP contribution in [-0.4, -0.2) is 263 Å². The first kappa shape index (κ1) is 133. The molecule has 0 fully saturated rings. The van der Waals surface area contributed by atoms with E-state index in [0.29, 0.717) is 102 Å². The van der Waals surface area contributed by atoms with Crippen molar-refractivity contribution in [3.05, 3.63) is 84.2 Å². The lowest BCUT2D eigenvalue weighted by atomic mass is 9.88. The standard InChI is InChI=1S/C54H91N5O14.C54H90N4O14/c1-42(19-14-12-10-8-6-4-2-3-5-7-9-11-13-15-22-52(65)66)59-48(54(68)69)28-30-50(63)58-32-34-71-36-37-72-40-46(61)20-18-33-70-35-38-73-41-51(64)57-31-17-16-21-47(55)49(62)29-25-44(53(56)67)39-43-23-26-45(60)27-24-43;1-4-41(2)52(48(61)30-25-44(53(55)66)38-43-23-26-46(60)27-24-43)58-50(63)40-72-37-35-70-33-31-56-49(62)39-71-36-34-69-32-19-21-45(59)28-29-47(54(67)68)57-42(3)20-17-15-13-11-9-7-5-6-8-10-12-14-16-18-22-51(64)65/h23-24,26-27,44,47-48,59-60H,1-22,25,28-41,55H2,(H2,56,67)(H,57,64)(H,58,63)(H,65,66)(H,68,69);23-24,26-27,41,44,47,52,57,60H,3-22,25,28-40H2,1-2H3,(H2,55,66)(H,56,62)(H,58,63)(H,64,65)(H,67,68)/t44-,47-,48-;41-,44-,47-,52-/m00/s1. The van der Waals surface area contributed by atoms with Crippen molar-refractivity contribution in [2.45, 2.75) is 359 Å². The fraction of sp³-hybridized carbons (Fsp3) is 0.722. The Morgan fingerprint density at radius 1 is 0.317 bits per heavy atom. The van der Waals surface area contributed by atoms with Gasteiger partial charge in [0.1, 0.15) is 61.6 Å². The van der Waals surface area contributed by atoms with Crippen molar-refractivity contribution in [2.75, 3.05) is 125 Å². The van der Waals surface area contributed by atoms with Gasteiger partial charge in [-0.1, -0.05) is 212 Å². The van der Waals surface area contributed by atoms with Crippen LogP contribution in [-0.2, 0) is 118 Å². The monoisotopic (exact) mass is 2050 g/mol. The zero-order valence-electron chi connectivity index (χ0n) is 87.3. The van der Waals surface area contributed by atoms with Gasteiger partial charge < -0.3 is 118 Å². The predicted molar refractivity (Wildman–Crippen MR) is 554 cm³/mol. The van der Waals surface area contributed by atoms with Gasteiger partial charge in [0, 0.05) is 107 Å². The summed E-state index contributed by atoms with van der Waals surface area (Å²) in [5.74, 6) is -7.27. The number of hydrogen-bond acceptors (Lipinski definition) is 27. The number of allylic oxidation sites excluding steroid dienone is 2. The van der Waals surface area contributed by atoms with E-state index in [9.17, 15) is 87.5 Å². The third-order valence-electron chi connectivity index (χ3n) is 24.7. The maximum Gasteiger partial charge on any atom is 0.326 e. The highest BCUT2D eigenvalue weighted by atomic mass is 16.5. The summed E-state index contributed by atoms with van der Waals surface area (Å²) in [6.45, 7) is 14.8. The number of hydrogen-bond donors (Lipinski definition) is 15. The van der Waals surface area contributed by atoms with E-state index in [-0.39, 0.29) is 234 Å². The van der Waals surface area contributed by atoms with Gasteiger partial charge in [-0.25, -0.2) is 9.59 Å². The van der Waals surface area contributed by atoms with Crippen LogP contribution in [0, 0.1) is 17.8 Å². The van der Waals surface area contributed by atoms with Crippen LogP contribution in [0.25, 0.3) is 0 Å². The number of phenols is 2. The lowest BCUT2D eigenvalue weighted by Crippen LogP contribution is -2.46. The highest BCUT2D eigenvalue weighted by Crippen LogP contribution is 2.24. The van der Waals surface area contributed by atoms with Gasteiger partial charge in [0.15, 0.2) is 11.6 Å². The number of Topliss-reactive ketones (excluding diaryl/α,β-unsaturated/α-hetero) is 4. The molecule has 2 aromatic carbocycles. The molecule has 2 aromatic rings. The first-order valence-electron chi connectivity index (χ1n) is 53.3. The number of unbranched alkanes of at least 4 members (excludes halogenated alkanes) is 27. The SMILES string of the molecule is C=C(CCCCCCCCCCCCCCCCC(=O)O)N[C@@H](CCC(=O)CCCOCCOCC(=O)NCCOCCOCC(=O)N[C@H](C(=O)CC[C@@H](Cc1ccc(O)cc1)C(N)=O)[C@@H](C)CC)C(=O)O.C=C(CCCCCCCCCCCCCCCCC(=O)O)N[C@@H](CCC(=O)NCCOCCOCC(=O)CCCOCCOCC(=O)NCCCC[C@H](N)C(=O)CC[C@@H](Cc1ccc(O)cc1)C(N)=O)C(=O)O. The van der Waals surface area contributed by atoms with Gasteiger partial charge in [-0.3, -0.25) is 57.5 Å². The largest absolute Gasteiger partial charge is 0.508 e. The lowest BCUT2D eigenvalue weighted by molar-refractivity contribution is -0.140. The van der Waals surface area contributed by atoms with E-state index in [1.54, 1.807) is 24.3 Å². The molecule has 37 heteroatoms. The summed E-state index contributed by atoms with van der Waals surface area (Å²) in [7, 11) is 0. The summed E-state index contributed by atoms with van der Waals surface area (Å²) in [5, 5.41) is 72.6. The molecule has 6 amide bonds. The van der Waals surface area contributed by atoms with Gasteiger partial charge in [-0.2, -0.15) is 0 Å². The van der Waals surface area contributed by atoms with Crippen LogP contribution in [0.5, 0.6) is 11.5 Å². The Kier molecular flexibility index (Phi) is 83.1. The van der Waals surface area contributed by atoms with Crippen molar-refractivity contribution in [3.63, 3.8) is 0 Å². The third kappa shape index (κ3) is 80.9. The van der Waals surface area contributed by atoms with Gasteiger partial charge >= 0.3 is 23.9 Å². The van der Waals surface area contributed by atoms with Crippen LogP contribution < -0.4 is 49.1 Å². The van der Waals surface area contributed by atoms with Gasteiger partial charge in [-0.15, -0.1) is 0 Å². The van der Waals surface area contributed by atoms with Gasteiger partial charge in [0.05, 0.1) is 78.2 Å². The number of aromatic hydroxyl groups is 2. The Morgan fingerprint density at radius 2 is 0.648 bits per heavy atom. The maximum atomic E-state index is 13.2. The van der Waals surface area contributed by atoms with Crippen molar-refractivity contribution in [2.24, 2.45) is 35.0 Å². The number of carboxylic acid groups (broad SMARTS) is 4. The molecule has 37 nitrogen and oxygen atoms in total. The van der Waals surface area contributed by atoms with Crippen LogP contribution in [0.1, 0.15) is 333 Å². The summed E-state index contributed by atoms with van der Waals surface area (Å²) in [5.41, 5.74) is 20.2. The Morgan fingerprint density at radius 3 is 1.03 bits per heavy atom. The maximum absolute atomic E-state index is 13.2. The number of nitrogens with one attached hydrogen (secondary N) is 6. The average molecular weight is 2050 g/mol. The smallest absolute Gasteiger partial charge is 0.326 e. The second kappa shape index (κ2) is 90.4. The quantitative estimate of drug-likeness (QED) is 0.0274. The topological polar surface area (TPSA) is 584 Å². The number of aliphatic carboxylic acids is 4. The molecule has 0 saturated heterocycles. The zero-order valence-corrected chi connectivity index (χ0v) is 87.3. The summed E-state index contributed by atoms with van der Waals surface area (Å²) >= 11 is 0. The van der Waals surface area contributed by atoms with Crippen LogP contribution in [0.3, 0.4) is 0 Å². The molecule has 0 aliphatic heterocycles. The number of ketones is 4. The minimum Gasteiger partial charge on any atom is -0.508 e. The lowest BCUT2D eigenvalue weighted by Gasteiger charge is -2.24. The molecule has 2 rings (SSSR count). The number of primary amides is 2. The minimum atomic E-state index is -1.03. The molecular weight excluding hydrogens is 1870 g/mol. The fourth-order valence-corrected chi connectivity index (χ4v) is 15.8. The van der Waals surface area contributed by atoms with E-state index in [1.165, 1.54) is 127 Å². The van der Waals surface area contributed by atoms with E-state index < -0.39 is 77.6 Å². The van der Waals surface area contributed by atoms with E-state index in [4.69, 9.17) is 65.3 Å². The van der Waals surface area contributed by atoms with E-state index in [0.717, 1.165) is 88.2 Å². The molecule has 145 heavy (non-hydrogen) atoms. The Labute approximate surface area is 860 Å². The number of ether oxygens (including phenoxy) is 8. The number of phenolic OH excluding ortho intramolecular Hbond substituents is 2.